The Morgan fingerprint density at radius 1 is 0.956 bits per heavy atom. The highest BCUT2D eigenvalue weighted by atomic mass is 79.9. The number of aryl methyl sites for hydroxylation is 2. The van der Waals surface area contributed by atoms with Gasteiger partial charge in [0.25, 0.3) is 0 Å². The van der Waals surface area contributed by atoms with E-state index in [1.165, 1.54) is 18.2 Å². The van der Waals surface area contributed by atoms with E-state index < -0.39 is 15.5 Å². The molecule has 3 aromatic carbocycles. The molecule has 7 nitrogen and oxygen atoms in total. The number of rotatable bonds is 9. The molecule has 0 saturated carbocycles. The highest BCUT2D eigenvalue weighted by Crippen LogP contribution is 2.42. The van der Waals surface area contributed by atoms with Crippen molar-refractivity contribution in [3.63, 3.8) is 0 Å². The fourth-order valence-corrected chi connectivity index (χ4v) is 6.52. The topological polar surface area (TPSA) is 90.0 Å². The van der Waals surface area contributed by atoms with E-state index in [0.29, 0.717) is 22.0 Å². The van der Waals surface area contributed by atoms with E-state index in [0.717, 1.165) is 58.6 Å². The highest BCUT2D eigenvalue weighted by molar-refractivity contribution is 9.10. The number of halogens is 4. The van der Waals surface area contributed by atoms with Gasteiger partial charge in [-0.2, -0.15) is 21.6 Å². The van der Waals surface area contributed by atoms with E-state index in [1.54, 1.807) is 16.9 Å². The van der Waals surface area contributed by atoms with Crippen molar-refractivity contribution in [3.8, 4) is 22.5 Å². The van der Waals surface area contributed by atoms with E-state index in [2.05, 4.69) is 45.6 Å². The zero-order valence-corrected chi connectivity index (χ0v) is 26.7. The first-order valence-electron chi connectivity index (χ1n) is 14.3. The summed E-state index contributed by atoms with van der Waals surface area (Å²) < 4.78 is 73.4. The van der Waals surface area contributed by atoms with Crippen LogP contribution in [0.15, 0.2) is 87.8 Å². The molecule has 1 N–H and O–H groups in total. The number of aromatic nitrogens is 3. The molecule has 0 aliphatic heterocycles. The first-order chi connectivity index (χ1) is 21.5. The fraction of sp³-hybridized carbons (Fsp3) is 0.212. The molecule has 0 radical (unpaired) electrons. The number of benzene rings is 3. The van der Waals surface area contributed by atoms with Crippen molar-refractivity contribution < 1.29 is 26.0 Å². The molecule has 232 valence electrons. The van der Waals surface area contributed by atoms with Gasteiger partial charge < -0.3 is 8.98 Å². The van der Waals surface area contributed by atoms with Gasteiger partial charge in [0, 0.05) is 28.6 Å². The predicted octanol–water partition coefficient (Wildman–Crippen LogP) is 9.23. The third-order valence-corrected chi connectivity index (χ3v) is 9.47. The second-order valence-corrected chi connectivity index (χ2v) is 13.2. The van der Waals surface area contributed by atoms with E-state index in [-0.39, 0.29) is 17.0 Å². The number of hydrogen-bond donors (Lipinski definition) is 1. The van der Waals surface area contributed by atoms with Crippen LogP contribution < -0.4 is 4.72 Å². The van der Waals surface area contributed by atoms with Gasteiger partial charge in [0.05, 0.1) is 16.7 Å². The second-order valence-electron chi connectivity index (χ2n) is 10.7. The Balaban J connectivity index is 1.39. The monoisotopic (exact) mass is 696 g/mol. The molecule has 0 amide bonds. The van der Waals surface area contributed by atoms with Gasteiger partial charge in [-0.3, -0.25) is 4.72 Å². The molecule has 3 aromatic heterocycles. The molecule has 6 rings (SSSR count). The van der Waals surface area contributed by atoms with E-state index >= 15 is 0 Å². The largest absolute Gasteiger partial charge is 0.516 e. The molecule has 6 aromatic rings. The molecule has 3 heterocycles. The van der Waals surface area contributed by atoms with Crippen LogP contribution in [0.3, 0.4) is 0 Å². The number of fused-ring (bicyclic) bond motifs is 2. The number of sulfonamides is 1. The third-order valence-electron chi connectivity index (χ3n) is 7.58. The maximum Gasteiger partial charge on any atom is 0.516 e. The van der Waals surface area contributed by atoms with Crippen LogP contribution in [-0.4, -0.2) is 28.5 Å². The van der Waals surface area contributed by atoms with E-state index in [1.807, 2.05) is 37.3 Å². The standard InChI is InChI=1S/C33H28BrF3N4O3S/c1-3-4-14-29-39-27-18-24(22-10-6-5-7-11-22)20(2)38-32(27)41(29)19-21-15-16-28-25(17-21)30(34)31(44-28)23-12-8-9-13-26(23)40-45(42,43)33(35,36)37/h5-13,15-18,40H,3-4,14,19H2,1-2H3. The van der Waals surface area contributed by atoms with Crippen LogP contribution in [0.5, 0.6) is 0 Å². The number of furan rings is 1. The summed E-state index contributed by atoms with van der Waals surface area (Å²) in [4.78, 5) is 9.98. The lowest BCUT2D eigenvalue weighted by Gasteiger charge is -2.13. The Morgan fingerprint density at radius 2 is 1.69 bits per heavy atom. The zero-order valence-electron chi connectivity index (χ0n) is 24.3. The highest BCUT2D eigenvalue weighted by Gasteiger charge is 2.46. The summed E-state index contributed by atoms with van der Waals surface area (Å²) in [5.74, 6) is 1.13. The van der Waals surface area contributed by atoms with Crippen molar-refractivity contribution in [2.45, 2.75) is 45.2 Å². The average molecular weight is 698 g/mol. The number of para-hydroxylation sites is 1. The first-order valence-corrected chi connectivity index (χ1v) is 16.6. The minimum Gasteiger partial charge on any atom is -0.455 e. The summed E-state index contributed by atoms with van der Waals surface area (Å²) in [6.07, 6.45) is 2.78. The summed E-state index contributed by atoms with van der Waals surface area (Å²) >= 11 is 3.56. The van der Waals surface area contributed by atoms with Crippen molar-refractivity contribution in [1.82, 2.24) is 14.5 Å². The number of nitrogens with one attached hydrogen (secondary N) is 1. The SMILES string of the molecule is CCCCc1nc2cc(-c3ccccc3)c(C)nc2n1Cc1ccc2oc(-c3ccccc3NS(=O)(=O)C(F)(F)F)c(Br)c2c1. The van der Waals surface area contributed by atoms with Crippen molar-refractivity contribution in [2.24, 2.45) is 0 Å². The molecular formula is C33H28BrF3N4O3S. The van der Waals surface area contributed by atoms with Gasteiger partial charge in [-0.1, -0.05) is 61.9 Å². The van der Waals surface area contributed by atoms with Crippen LogP contribution in [0.1, 0.15) is 36.8 Å². The number of alkyl halides is 3. The minimum atomic E-state index is -5.63. The molecule has 12 heteroatoms. The first kappa shape index (κ1) is 30.8. The number of nitrogens with zero attached hydrogens (tertiary/aromatic N) is 3. The predicted molar refractivity (Wildman–Crippen MR) is 173 cm³/mol. The van der Waals surface area contributed by atoms with Gasteiger partial charge in [-0.05, 0) is 70.7 Å². The Kier molecular flexibility index (Phi) is 8.21. The molecular weight excluding hydrogens is 669 g/mol. The van der Waals surface area contributed by atoms with Crippen LogP contribution >= 0.6 is 15.9 Å². The van der Waals surface area contributed by atoms with Gasteiger partial charge in [0.15, 0.2) is 11.4 Å². The fourth-order valence-electron chi connectivity index (χ4n) is 5.33. The molecule has 0 atom stereocenters. The van der Waals surface area contributed by atoms with Crippen LogP contribution in [0.4, 0.5) is 18.9 Å². The van der Waals surface area contributed by atoms with Crippen molar-refractivity contribution in [3.05, 3.63) is 100 Å². The van der Waals surface area contributed by atoms with Gasteiger partial charge in [-0.15, -0.1) is 0 Å². The Morgan fingerprint density at radius 3 is 2.42 bits per heavy atom. The number of hydrogen-bond acceptors (Lipinski definition) is 5. The normalized spacial score (nSPS) is 12.3. The molecule has 45 heavy (non-hydrogen) atoms. The van der Waals surface area contributed by atoms with Crippen LogP contribution in [0.25, 0.3) is 44.6 Å². The Labute approximate surface area is 266 Å². The quantitative estimate of drug-likeness (QED) is 0.163. The third kappa shape index (κ3) is 5.96. The summed E-state index contributed by atoms with van der Waals surface area (Å²) in [6, 6.07) is 23.6. The van der Waals surface area contributed by atoms with Crippen LogP contribution in [-0.2, 0) is 23.0 Å². The number of imidazole rings is 1. The molecule has 0 spiro atoms. The van der Waals surface area contributed by atoms with E-state index in [4.69, 9.17) is 14.4 Å². The van der Waals surface area contributed by atoms with Crippen molar-refractivity contribution >= 4 is 53.8 Å². The van der Waals surface area contributed by atoms with Gasteiger partial charge >= 0.3 is 15.5 Å². The lowest BCUT2D eigenvalue weighted by atomic mass is 10.0. The zero-order chi connectivity index (χ0) is 31.9. The van der Waals surface area contributed by atoms with Gasteiger partial charge in [0.2, 0.25) is 0 Å². The molecule has 0 aliphatic carbocycles. The molecule has 0 fully saturated rings. The molecule has 0 aliphatic rings. The number of pyridine rings is 1. The summed E-state index contributed by atoms with van der Waals surface area (Å²) in [5, 5.41) is 0.686. The molecule has 0 saturated heterocycles. The number of unbranched alkanes of at least 4 members (excludes halogenated alkanes) is 1. The average Bonchev–Trinajstić information content (AvgIpc) is 3.51. The maximum atomic E-state index is 13.1. The van der Waals surface area contributed by atoms with Crippen molar-refractivity contribution in [1.29, 1.82) is 0 Å². The lowest BCUT2D eigenvalue weighted by molar-refractivity contribution is -0.0429. The van der Waals surface area contributed by atoms with Crippen LogP contribution in [0, 0.1) is 6.92 Å². The van der Waals surface area contributed by atoms with Crippen molar-refractivity contribution in [2.75, 3.05) is 4.72 Å². The summed E-state index contributed by atoms with van der Waals surface area (Å²) in [7, 11) is -5.63. The summed E-state index contributed by atoms with van der Waals surface area (Å²) in [5.41, 5.74) is 0.466. The Hall–Kier alpha value is -4.16. The maximum absolute atomic E-state index is 13.1. The smallest absolute Gasteiger partial charge is 0.455 e. The molecule has 0 bridgehead atoms. The van der Waals surface area contributed by atoms with E-state index in [9.17, 15) is 21.6 Å². The van der Waals surface area contributed by atoms with Gasteiger partial charge in [0.1, 0.15) is 16.9 Å². The number of anilines is 1. The summed E-state index contributed by atoms with van der Waals surface area (Å²) in [6.45, 7) is 4.61. The minimum absolute atomic E-state index is 0.159. The Bertz CT molecular complexity index is 2140. The second kappa shape index (κ2) is 12.0. The van der Waals surface area contributed by atoms with Crippen LogP contribution in [0.2, 0.25) is 0 Å². The van der Waals surface area contributed by atoms with Gasteiger partial charge in [-0.25, -0.2) is 9.97 Å². The molecule has 0 unspecified atom stereocenters. The lowest BCUT2D eigenvalue weighted by Crippen LogP contribution is -2.30.